The van der Waals surface area contributed by atoms with Crippen molar-refractivity contribution in [3.8, 4) is 0 Å². The second-order valence-corrected chi connectivity index (χ2v) is 6.58. The van der Waals surface area contributed by atoms with E-state index < -0.39 is 0 Å². The summed E-state index contributed by atoms with van der Waals surface area (Å²) in [5, 5.41) is 3.07. The Morgan fingerprint density at radius 1 is 1.43 bits per heavy atom. The summed E-state index contributed by atoms with van der Waals surface area (Å²) in [6.07, 6.45) is 5.16. The van der Waals surface area contributed by atoms with Crippen LogP contribution in [0.2, 0.25) is 0 Å². The van der Waals surface area contributed by atoms with Gasteiger partial charge < -0.3 is 10.6 Å². The molecule has 1 heterocycles. The van der Waals surface area contributed by atoms with E-state index in [9.17, 15) is 4.79 Å². The summed E-state index contributed by atoms with van der Waals surface area (Å²) >= 11 is 1.63. The summed E-state index contributed by atoms with van der Waals surface area (Å²) in [7, 11) is 1.85. The number of thiazole rings is 1. The van der Waals surface area contributed by atoms with Crippen LogP contribution in [-0.4, -0.2) is 28.9 Å². The molecule has 0 aromatic carbocycles. The lowest BCUT2D eigenvalue weighted by atomic mass is 9.83. The van der Waals surface area contributed by atoms with E-state index in [0.717, 1.165) is 23.5 Å². The topological polar surface area (TPSA) is 59.2 Å². The summed E-state index contributed by atoms with van der Waals surface area (Å²) in [5.41, 5.74) is 7.08. The molecular weight excluding hydrogens is 329 g/mol. The molecule has 4 nitrogen and oxygen atoms in total. The van der Waals surface area contributed by atoms with Gasteiger partial charge in [-0.25, -0.2) is 4.98 Å². The first-order valence-corrected chi connectivity index (χ1v) is 7.85. The van der Waals surface area contributed by atoms with Gasteiger partial charge in [-0.1, -0.05) is 12.8 Å². The van der Waals surface area contributed by atoms with Gasteiger partial charge in [0.2, 0.25) is 5.91 Å². The highest BCUT2D eigenvalue weighted by molar-refractivity contribution is 7.09. The van der Waals surface area contributed by atoms with E-state index >= 15 is 0 Å². The van der Waals surface area contributed by atoms with Crippen LogP contribution in [0.4, 0.5) is 0 Å². The van der Waals surface area contributed by atoms with Crippen molar-refractivity contribution in [3.05, 3.63) is 16.1 Å². The van der Waals surface area contributed by atoms with Crippen LogP contribution in [0, 0.1) is 12.8 Å². The summed E-state index contributed by atoms with van der Waals surface area (Å²) in [6.45, 7) is 2.59. The van der Waals surface area contributed by atoms with E-state index in [2.05, 4.69) is 4.98 Å². The predicted molar refractivity (Wildman–Crippen MR) is 92.4 cm³/mol. The minimum absolute atomic E-state index is 0. The maximum atomic E-state index is 12.2. The third-order valence-electron chi connectivity index (χ3n) is 3.90. The van der Waals surface area contributed by atoms with Gasteiger partial charge in [-0.15, -0.1) is 36.2 Å². The van der Waals surface area contributed by atoms with Crippen molar-refractivity contribution in [2.45, 2.75) is 51.6 Å². The van der Waals surface area contributed by atoms with Crippen molar-refractivity contribution in [1.29, 1.82) is 0 Å². The number of nitrogens with zero attached hydrogens (tertiary/aromatic N) is 2. The molecule has 1 aromatic heterocycles. The Bertz CT molecular complexity index is 442. The zero-order valence-corrected chi connectivity index (χ0v) is 15.0. The van der Waals surface area contributed by atoms with Crippen molar-refractivity contribution >= 4 is 42.1 Å². The average Bonchev–Trinajstić information content (AvgIpc) is 2.77. The Morgan fingerprint density at radius 2 is 2.10 bits per heavy atom. The van der Waals surface area contributed by atoms with Crippen molar-refractivity contribution in [2.75, 3.05) is 7.05 Å². The maximum absolute atomic E-state index is 12.2. The largest absolute Gasteiger partial charge is 0.340 e. The van der Waals surface area contributed by atoms with Crippen molar-refractivity contribution in [2.24, 2.45) is 11.7 Å². The number of amides is 1. The first-order valence-electron chi connectivity index (χ1n) is 6.97. The van der Waals surface area contributed by atoms with Crippen LogP contribution in [0.15, 0.2) is 5.38 Å². The molecule has 1 fully saturated rings. The summed E-state index contributed by atoms with van der Waals surface area (Å²) in [5.74, 6) is 0.550. The van der Waals surface area contributed by atoms with E-state index in [1.54, 1.807) is 16.2 Å². The van der Waals surface area contributed by atoms with E-state index in [0.29, 0.717) is 18.9 Å². The standard InChI is InChI=1S/C14H23N3OS.2ClH/c1-10-16-12(9-19-10)8-17(2)14(18)7-11-5-3-4-6-13(11)15;;/h9,11,13H,3-8,15H2,1-2H3;2*1H. The third-order valence-corrected chi connectivity index (χ3v) is 4.72. The Balaban J connectivity index is 0.00000200. The quantitative estimate of drug-likeness (QED) is 0.904. The molecule has 1 aliphatic rings. The molecule has 0 aliphatic heterocycles. The number of carbonyl (C=O) groups excluding carboxylic acids is 1. The summed E-state index contributed by atoms with van der Waals surface area (Å²) in [4.78, 5) is 18.4. The van der Waals surface area contributed by atoms with Crippen molar-refractivity contribution < 1.29 is 4.79 Å². The highest BCUT2D eigenvalue weighted by atomic mass is 35.5. The monoisotopic (exact) mass is 353 g/mol. The highest BCUT2D eigenvalue weighted by Crippen LogP contribution is 2.26. The zero-order chi connectivity index (χ0) is 13.8. The molecule has 2 atom stereocenters. The van der Waals surface area contributed by atoms with Gasteiger partial charge in [0.1, 0.15) is 0 Å². The Labute approximate surface area is 143 Å². The Kier molecular flexibility index (Phi) is 9.45. The molecule has 1 aliphatic carbocycles. The number of aromatic nitrogens is 1. The van der Waals surface area contributed by atoms with Gasteiger partial charge in [-0.05, 0) is 25.7 Å². The van der Waals surface area contributed by atoms with Gasteiger partial charge in [-0.3, -0.25) is 4.79 Å². The maximum Gasteiger partial charge on any atom is 0.223 e. The van der Waals surface area contributed by atoms with Gasteiger partial charge in [0.15, 0.2) is 0 Å². The van der Waals surface area contributed by atoms with Crippen LogP contribution in [0.5, 0.6) is 0 Å². The number of carbonyl (C=O) groups is 1. The molecule has 0 bridgehead atoms. The molecular formula is C14H25Cl2N3OS. The van der Waals surface area contributed by atoms with Crippen LogP contribution >= 0.6 is 36.2 Å². The Hall–Kier alpha value is -0.360. The molecule has 1 aromatic rings. The lowest BCUT2D eigenvalue weighted by molar-refractivity contribution is -0.131. The fourth-order valence-corrected chi connectivity index (χ4v) is 3.29. The van der Waals surface area contributed by atoms with Crippen LogP contribution in [0.3, 0.4) is 0 Å². The van der Waals surface area contributed by atoms with E-state index in [-0.39, 0.29) is 36.8 Å². The van der Waals surface area contributed by atoms with E-state index in [1.807, 2.05) is 19.4 Å². The van der Waals surface area contributed by atoms with Crippen molar-refractivity contribution in [1.82, 2.24) is 9.88 Å². The number of hydrogen-bond donors (Lipinski definition) is 1. The SMILES string of the molecule is Cc1nc(CN(C)C(=O)CC2CCCCC2N)cs1.Cl.Cl. The summed E-state index contributed by atoms with van der Waals surface area (Å²) in [6, 6.07) is 0.201. The smallest absolute Gasteiger partial charge is 0.223 e. The molecule has 7 heteroatoms. The zero-order valence-electron chi connectivity index (χ0n) is 12.6. The number of aryl methyl sites for hydroxylation is 1. The molecule has 2 N–H and O–H groups in total. The van der Waals surface area contributed by atoms with Crippen LogP contribution in [0.25, 0.3) is 0 Å². The third kappa shape index (κ3) is 6.10. The Morgan fingerprint density at radius 3 is 2.67 bits per heavy atom. The molecule has 1 amide bonds. The normalized spacial score (nSPS) is 21.1. The molecule has 0 spiro atoms. The second kappa shape index (κ2) is 9.62. The molecule has 0 saturated heterocycles. The fraction of sp³-hybridized carbons (Fsp3) is 0.714. The minimum Gasteiger partial charge on any atom is -0.340 e. The number of nitrogens with two attached hydrogens (primary N) is 1. The number of hydrogen-bond acceptors (Lipinski definition) is 4. The lowest BCUT2D eigenvalue weighted by Crippen LogP contribution is -2.37. The second-order valence-electron chi connectivity index (χ2n) is 5.52. The fourth-order valence-electron chi connectivity index (χ4n) is 2.68. The molecule has 1 saturated carbocycles. The molecule has 2 unspecified atom stereocenters. The van der Waals surface area contributed by atoms with Gasteiger partial charge in [0.05, 0.1) is 17.2 Å². The predicted octanol–water partition coefficient (Wildman–Crippen LogP) is 3.16. The van der Waals surface area contributed by atoms with Crippen molar-refractivity contribution in [3.63, 3.8) is 0 Å². The molecule has 0 radical (unpaired) electrons. The lowest BCUT2D eigenvalue weighted by Gasteiger charge is -2.29. The van der Waals surface area contributed by atoms with Crippen LogP contribution < -0.4 is 5.73 Å². The van der Waals surface area contributed by atoms with Gasteiger partial charge in [-0.2, -0.15) is 0 Å². The van der Waals surface area contributed by atoms with Gasteiger partial charge in [0.25, 0.3) is 0 Å². The molecule has 122 valence electrons. The molecule has 2 rings (SSSR count). The first-order chi connectivity index (χ1) is 9.06. The van der Waals surface area contributed by atoms with Gasteiger partial charge in [0, 0.05) is 24.9 Å². The summed E-state index contributed by atoms with van der Waals surface area (Å²) < 4.78 is 0. The van der Waals surface area contributed by atoms with Gasteiger partial charge >= 0.3 is 0 Å². The highest BCUT2D eigenvalue weighted by Gasteiger charge is 2.25. The van der Waals surface area contributed by atoms with E-state index in [4.69, 9.17) is 5.73 Å². The minimum atomic E-state index is 0. The molecule has 21 heavy (non-hydrogen) atoms. The van der Waals surface area contributed by atoms with Crippen LogP contribution in [0.1, 0.15) is 42.8 Å². The average molecular weight is 354 g/mol. The van der Waals surface area contributed by atoms with Crippen LogP contribution in [-0.2, 0) is 11.3 Å². The number of halogens is 2. The van der Waals surface area contributed by atoms with E-state index in [1.165, 1.54) is 12.8 Å². The first kappa shape index (κ1) is 20.6. The number of rotatable bonds is 4.